The van der Waals surface area contributed by atoms with Gasteiger partial charge in [-0.2, -0.15) is 4.31 Å². The van der Waals surface area contributed by atoms with E-state index in [0.717, 1.165) is 29.7 Å². The number of aryl methyl sites for hydroxylation is 1. The molecule has 23 heavy (non-hydrogen) atoms. The van der Waals surface area contributed by atoms with E-state index in [1.807, 2.05) is 20.8 Å². The van der Waals surface area contributed by atoms with Gasteiger partial charge in [-0.25, -0.2) is 8.42 Å². The molecule has 1 N–H and O–H groups in total. The molecule has 0 bridgehead atoms. The zero-order chi connectivity index (χ0) is 17.0. The molecular formula is C17H24N2O3S. The zero-order valence-corrected chi connectivity index (χ0v) is 15.0. The molecule has 2 heterocycles. The van der Waals surface area contributed by atoms with Gasteiger partial charge in [0.1, 0.15) is 0 Å². The summed E-state index contributed by atoms with van der Waals surface area (Å²) in [6.45, 7) is 8.79. The van der Waals surface area contributed by atoms with Crippen LogP contribution >= 0.6 is 0 Å². The van der Waals surface area contributed by atoms with Crippen molar-refractivity contribution in [3.8, 4) is 0 Å². The van der Waals surface area contributed by atoms with Gasteiger partial charge in [0.2, 0.25) is 15.9 Å². The van der Waals surface area contributed by atoms with Gasteiger partial charge in [0.15, 0.2) is 0 Å². The fourth-order valence-electron chi connectivity index (χ4n) is 3.33. The van der Waals surface area contributed by atoms with Gasteiger partial charge in [-0.15, -0.1) is 0 Å². The second kappa shape index (κ2) is 5.31. The number of hydrogen-bond acceptors (Lipinski definition) is 3. The van der Waals surface area contributed by atoms with E-state index in [1.165, 1.54) is 0 Å². The van der Waals surface area contributed by atoms with Crippen molar-refractivity contribution < 1.29 is 13.2 Å². The molecule has 1 amide bonds. The average molecular weight is 336 g/mol. The van der Waals surface area contributed by atoms with E-state index in [4.69, 9.17) is 0 Å². The summed E-state index contributed by atoms with van der Waals surface area (Å²) in [5, 5.41) is 2.87. The molecule has 1 aromatic rings. The number of sulfonamides is 1. The third kappa shape index (κ3) is 2.58. The standard InChI is InChI=1S/C17H24N2O3S/c1-11-5-7-19(8-6-11)23(21,22)13-9-12(2)15-14(10-13)17(3,4)16(20)18-15/h9-11H,5-8H2,1-4H3,(H,18,20). The van der Waals surface area contributed by atoms with Crippen molar-refractivity contribution >= 4 is 21.6 Å². The second-order valence-electron chi connectivity index (χ2n) is 7.33. The Kier molecular flexibility index (Phi) is 3.80. The van der Waals surface area contributed by atoms with Gasteiger partial charge in [-0.1, -0.05) is 6.92 Å². The highest BCUT2D eigenvalue weighted by atomic mass is 32.2. The number of benzene rings is 1. The quantitative estimate of drug-likeness (QED) is 0.903. The number of carbonyl (C=O) groups is 1. The molecule has 6 heteroatoms. The third-order valence-corrected chi connectivity index (χ3v) is 7.05. The van der Waals surface area contributed by atoms with E-state index in [2.05, 4.69) is 12.2 Å². The van der Waals surface area contributed by atoms with Crippen molar-refractivity contribution in [2.45, 2.75) is 50.8 Å². The minimum absolute atomic E-state index is 0.0862. The lowest BCUT2D eigenvalue weighted by atomic mass is 9.85. The van der Waals surface area contributed by atoms with Crippen molar-refractivity contribution in [1.82, 2.24) is 4.31 Å². The Labute approximate surface area is 138 Å². The van der Waals surface area contributed by atoms with E-state index >= 15 is 0 Å². The predicted molar refractivity (Wildman–Crippen MR) is 90.0 cm³/mol. The molecule has 0 spiro atoms. The smallest absolute Gasteiger partial charge is 0.243 e. The summed E-state index contributed by atoms with van der Waals surface area (Å²) in [4.78, 5) is 12.4. The van der Waals surface area contributed by atoms with Crippen LogP contribution in [0.25, 0.3) is 0 Å². The Balaban J connectivity index is 2.04. The maximum atomic E-state index is 13.0. The lowest BCUT2D eigenvalue weighted by Gasteiger charge is -2.30. The molecule has 3 rings (SSSR count). The average Bonchev–Trinajstić information content (AvgIpc) is 2.71. The Morgan fingerprint density at radius 2 is 1.83 bits per heavy atom. The third-order valence-electron chi connectivity index (χ3n) is 5.17. The first-order chi connectivity index (χ1) is 10.6. The Hall–Kier alpha value is -1.40. The van der Waals surface area contributed by atoms with Crippen molar-refractivity contribution in [3.63, 3.8) is 0 Å². The number of hydrogen-bond donors (Lipinski definition) is 1. The van der Waals surface area contributed by atoms with E-state index in [9.17, 15) is 13.2 Å². The van der Waals surface area contributed by atoms with E-state index in [-0.39, 0.29) is 5.91 Å². The molecule has 0 saturated carbocycles. The van der Waals surface area contributed by atoms with Gasteiger partial charge in [0.05, 0.1) is 10.3 Å². The van der Waals surface area contributed by atoms with Crippen LogP contribution in [0.1, 0.15) is 44.7 Å². The fourth-order valence-corrected chi connectivity index (χ4v) is 4.91. The van der Waals surface area contributed by atoms with Crippen LogP contribution in [-0.2, 0) is 20.2 Å². The van der Waals surface area contributed by atoms with Crippen molar-refractivity contribution in [2.24, 2.45) is 5.92 Å². The summed E-state index contributed by atoms with van der Waals surface area (Å²) in [6, 6.07) is 3.35. The van der Waals surface area contributed by atoms with Crippen LogP contribution in [0.3, 0.4) is 0 Å². The van der Waals surface area contributed by atoms with Gasteiger partial charge in [-0.05, 0) is 62.8 Å². The SMILES string of the molecule is Cc1cc(S(=O)(=O)N2CCC(C)CC2)cc2c1NC(=O)C2(C)C. The second-order valence-corrected chi connectivity index (χ2v) is 9.27. The molecule has 2 aliphatic heterocycles. The molecule has 1 aromatic carbocycles. The number of anilines is 1. The van der Waals surface area contributed by atoms with Gasteiger partial charge >= 0.3 is 0 Å². The van der Waals surface area contributed by atoms with Crippen LogP contribution in [0.5, 0.6) is 0 Å². The summed E-state index contributed by atoms with van der Waals surface area (Å²) in [5.74, 6) is 0.487. The lowest BCUT2D eigenvalue weighted by molar-refractivity contribution is -0.119. The first kappa shape index (κ1) is 16.5. The van der Waals surface area contributed by atoms with Crippen molar-refractivity contribution in [2.75, 3.05) is 18.4 Å². The lowest BCUT2D eigenvalue weighted by Crippen LogP contribution is -2.38. The van der Waals surface area contributed by atoms with E-state index < -0.39 is 15.4 Å². The summed E-state index contributed by atoms with van der Waals surface area (Å²) >= 11 is 0. The Morgan fingerprint density at radius 3 is 2.43 bits per heavy atom. The minimum atomic E-state index is -3.50. The number of piperidine rings is 1. The minimum Gasteiger partial charge on any atom is -0.325 e. The van der Waals surface area contributed by atoms with Gasteiger partial charge in [-0.3, -0.25) is 4.79 Å². The van der Waals surface area contributed by atoms with Gasteiger partial charge in [0.25, 0.3) is 0 Å². The summed E-state index contributed by atoms with van der Waals surface area (Å²) in [6.07, 6.45) is 1.80. The molecular weight excluding hydrogens is 312 g/mol. The number of fused-ring (bicyclic) bond motifs is 1. The summed E-state index contributed by atoms with van der Waals surface area (Å²) < 4.78 is 27.5. The molecule has 0 aromatic heterocycles. The molecule has 0 unspecified atom stereocenters. The topological polar surface area (TPSA) is 66.5 Å². The maximum absolute atomic E-state index is 13.0. The van der Waals surface area contributed by atoms with Crippen LogP contribution in [0.2, 0.25) is 0 Å². The molecule has 1 saturated heterocycles. The van der Waals surface area contributed by atoms with Crippen LogP contribution in [0.4, 0.5) is 5.69 Å². The molecule has 126 valence electrons. The largest absolute Gasteiger partial charge is 0.325 e. The zero-order valence-electron chi connectivity index (χ0n) is 14.1. The Morgan fingerprint density at radius 1 is 1.22 bits per heavy atom. The molecule has 0 atom stereocenters. The molecule has 5 nitrogen and oxygen atoms in total. The fraction of sp³-hybridized carbons (Fsp3) is 0.588. The first-order valence-electron chi connectivity index (χ1n) is 8.11. The van der Waals surface area contributed by atoms with Crippen LogP contribution in [0, 0.1) is 12.8 Å². The van der Waals surface area contributed by atoms with Crippen molar-refractivity contribution in [1.29, 1.82) is 0 Å². The normalized spacial score (nSPS) is 22.0. The number of nitrogens with zero attached hydrogens (tertiary/aromatic N) is 1. The number of amides is 1. The van der Waals surface area contributed by atoms with Gasteiger partial charge in [0, 0.05) is 18.8 Å². The molecule has 2 aliphatic rings. The maximum Gasteiger partial charge on any atom is 0.243 e. The van der Waals surface area contributed by atoms with Gasteiger partial charge < -0.3 is 5.32 Å². The Bertz CT molecular complexity index is 760. The summed E-state index contributed by atoms with van der Waals surface area (Å²) in [5.41, 5.74) is 1.62. The number of nitrogens with one attached hydrogen (secondary N) is 1. The molecule has 0 aliphatic carbocycles. The van der Waals surface area contributed by atoms with E-state index in [0.29, 0.717) is 23.9 Å². The van der Waals surface area contributed by atoms with E-state index in [1.54, 1.807) is 16.4 Å². The number of carbonyl (C=O) groups excluding carboxylic acids is 1. The highest BCUT2D eigenvalue weighted by molar-refractivity contribution is 7.89. The number of rotatable bonds is 2. The summed E-state index contributed by atoms with van der Waals surface area (Å²) in [7, 11) is -3.50. The monoisotopic (exact) mass is 336 g/mol. The predicted octanol–water partition coefficient (Wildman–Crippen LogP) is 2.65. The van der Waals surface area contributed by atoms with Crippen molar-refractivity contribution in [3.05, 3.63) is 23.3 Å². The van der Waals surface area contributed by atoms with Crippen LogP contribution in [0.15, 0.2) is 17.0 Å². The highest BCUT2D eigenvalue weighted by Gasteiger charge is 2.40. The highest BCUT2D eigenvalue weighted by Crippen LogP contribution is 2.41. The van der Waals surface area contributed by atoms with Crippen LogP contribution < -0.4 is 5.32 Å². The molecule has 1 fully saturated rings. The van der Waals surface area contributed by atoms with Crippen LogP contribution in [-0.4, -0.2) is 31.7 Å². The molecule has 0 radical (unpaired) electrons. The first-order valence-corrected chi connectivity index (χ1v) is 9.55.